The zero-order valence-electron chi connectivity index (χ0n) is 11.9. The van der Waals surface area contributed by atoms with Crippen LogP contribution in [0.1, 0.15) is 31.7 Å². The summed E-state index contributed by atoms with van der Waals surface area (Å²) in [7, 11) is 0. The van der Waals surface area contributed by atoms with Crippen LogP contribution in [0.5, 0.6) is 0 Å². The minimum atomic E-state index is 0.751. The van der Waals surface area contributed by atoms with Gasteiger partial charge in [-0.2, -0.15) is 0 Å². The Balaban J connectivity index is 2.51. The smallest absolute Gasteiger partial charge is 0.133 e. The predicted octanol–water partition coefficient (Wildman–Crippen LogP) is 2.19. The van der Waals surface area contributed by atoms with Crippen LogP contribution in [0.3, 0.4) is 0 Å². The first-order chi connectivity index (χ1) is 9.17. The second kappa shape index (κ2) is 5.77. The monoisotopic (exact) mass is 260 g/mol. The first-order valence-corrected chi connectivity index (χ1v) is 6.65. The molecule has 2 heterocycles. The highest BCUT2D eigenvalue weighted by Crippen LogP contribution is 2.25. The molecule has 0 amide bonds. The topological polar surface area (TPSA) is 68.5 Å². The zero-order chi connectivity index (χ0) is 13.8. The van der Waals surface area contributed by atoms with E-state index in [1.807, 2.05) is 18.5 Å². The van der Waals surface area contributed by atoms with Gasteiger partial charge in [-0.1, -0.05) is 12.1 Å². The van der Waals surface area contributed by atoms with E-state index in [0.29, 0.717) is 0 Å². The molecule has 0 unspecified atom stereocenters. The van der Waals surface area contributed by atoms with Crippen molar-refractivity contribution in [3.63, 3.8) is 0 Å². The third-order valence-corrected chi connectivity index (χ3v) is 2.90. The molecule has 2 aromatic rings. The Labute approximate surface area is 113 Å². The van der Waals surface area contributed by atoms with Gasteiger partial charge in [0.05, 0.1) is 11.9 Å². The van der Waals surface area contributed by atoms with E-state index < -0.39 is 0 Å². The number of aryl methyl sites for hydroxylation is 2. The SMILES string of the molecule is CCCn1nncc1-c1nc(C)nc(NCC)c1C. The highest BCUT2D eigenvalue weighted by atomic mass is 15.4. The normalized spacial score (nSPS) is 10.7. The fourth-order valence-electron chi connectivity index (χ4n) is 2.04. The van der Waals surface area contributed by atoms with Gasteiger partial charge < -0.3 is 5.32 Å². The van der Waals surface area contributed by atoms with Gasteiger partial charge in [-0.15, -0.1) is 5.10 Å². The maximum Gasteiger partial charge on any atom is 0.133 e. The van der Waals surface area contributed by atoms with E-state index in [-0.39, 0.29) is 0 Å². The van der Waals surface area contributed by atoms with Crippen LogP contribution in [0.25, 0.3) is 11.4 Å². The quantitative estimate of drug-likeness (QED) is 0.892. The molecule has 0 atom stereocenters. The van der Waals surface area contributed by atoms with Crippen molar-refractivity contribution in [1.82, 2.24) is 25.0 Å². The fourth-order valence-corrected chi connectivity index (χ4v) is 2.04. The molecule has 0 saturated carbocycles. The van der Waals surface area contributed by atoms with Crippen molar-refractivity contribution in [3.8, 4) is 11.4 Å². The van der Waals surface area contributed by atoms with E-state index in [4.69, 9.17) is 0 Å². The molecule has 2 aromatic heterocycles. The van der Waals surface area contributed by atoms with E-state index in [9.17, 15) is 0 Å². The Morgan fingerprint density at radius 2 is 2.00 bits per heavy atom. The fraction of sp³-hybridized carbons (Fsp3) is 0.538. The molecule has 6 heteroatoms. The number of rotatable bonds is 5. The molecule has 0 radical (unpaired) electrons. The maximum atomic E-state index is 4.55. The van der Waals surface area contributed by atoms with Gasteiger partial charge in [-0.25, -0.2) is 14.6 Å². The molecule has 2 rings (SSSR count). The number of anilines is 1. The van der Waals surface area contributed by atoms with Crippen molar-refractivity contribution in [2.24, 2.45) is 0 Å². The van der Waals surface area contributed by atoms with E-state index in [2.05, 4.69) is 39.4 Å². The first kappa shape index (κ1) is 13.5. The van der Waals surface area contributed by atoms with Crippen LogP contribution in [-0.2, 0) is 6.54 Å². The average Bonchev–Trinajstić information content (AvgIpc) is 2.82. The number of nitrogens with zero attached hydrogens (tertiary/aromatic N) is 5. The summed E-state index contributed by atoms with van der Waals surface area (Å²) in [5.41, 5.74) is 2.89. The number of hydrogen-bond acceptors (Lipinski definition) is 5. The van der Waals surface area contributed by atoms with Crippen LogP contribution in [-0.4, -0.2) is 31.5 Å². The summed E-state index contributed by atoms with van der Waals surface area (Å²) in [4.78, 5) is 8.99. The summed E-state index contributed by atoms with van der Waals surface area (Å²) in [6, 6.07) is 0. The average molecular weight is 260 g/mol. The van der Waals surface area contributed by atoms with Gasteiger partial charge >= 0.3 is 0 Å². The van der Waals surface area contributed by atoms with E-state index in [1.165, 1.54) is 0 Å². The van der Waals surface area contributed by atoms with Crippen LogP contribution in [0.2, 0.25) is 0 Å². The van der Waals surface area contributed by atoms with Crippen molar-refractivity contribution in [1.29, 1.82) is 0 Å². The second-order valence-corrected chi connectivity index (χ2v) is 4.47. The predicted molar refractivity (Wildman–Crippen MR) is 75.0 cm³/mol. The molecule has 0 aliphatic rings. The Hall–Kier alpha value is -1.98. The molecule has 0 aliphatic heterocycles. The molecule has 0 bridgehead atoms. The number of aromatic nitrogens is 5. The summed E-state index contributed by atoms with van der Waals surface area (Å²) >= 11 is 0. The summed E-state index contributed by atoms with van der Waals surface area (Å²) in [5.74, 6) is 1.63. The summed E-state index contributed by atoms with van der Waals surface area (Å²) < 4.78 is 1.89. The summed E-state index contributed by atoms with van der Waals surface area (Å²) in [6.07, 6.45) is 2.78. The third-order valence-electron chi connectivity index (χ3n) is 2.90. The minimum absolute atomic E-state index is 0.751. The zero-order valence-corrected chi connectivity index (χ0v) is 11.9. The number of hydrogen-bond donors (Lipinski definition) is 1. The van der Waals surface area contributed by atoms with Crippen LogP contribution < -0.4 is 5.32 Å². The second-order valence-electron chi connectivity index (χ2n) is 4.47. The van der Waals surface area contributed by atoms with Gasteiger partial charge in [0.15, 0.2) is 0 Å². The Kier molecular flexibility index (Phi) is 4.09. The van der Waals surface area contributed by atoms with Gasteiger partial charge in [0.25, 0.3) is 0 Å². The lowest BCUT2D eigenvalue weighted by molar-refractivity contribution is 0.583. The highest BCUT2D eigenvalue weighted by molar-refractivity contribution is 5.64. The van der Waals surface area contributed by atoms with Crippen molar-refractivity contribution < 1.29 is 0 Å². The molecule has 0 fully saturated rings. The van der Waals surface area contributed by atoms with E-state index >= 15 is 0 Å². The molecule has 1 N–H and O–H groups in total. The minimum Gasteiger partial charge on any atom is -0.370 e. The Morgan fingerprint density at radius 1 is 1.21 bits per heavy atom. The maximum absolute atomic E-state index is 4.55. The molecule has 0 aromatic carbocycles. The van der Waals surface area contributed by atoms with Crippen LogP contribution in [0.4, 0.5) is 5.82 Å². The van der Waals surface area contributed by atoms with Gasteiger partial charge in [-0.05, 0) is 27.2 Å². The van der Waals surface area contributed by atoms with Crippen LogP contribution >= 0.6 is 0 Å². The molecule has 0 spiro atoms. The Bertz CT molecular complexity index is 560. The summed E-state index contributed by atoms with van der Waals surface area (Å²) in [6.45, 7) is 9.78. The molecule has 19 heavy (non-hydrogen) atoms. The molecule has 102 valence electrons. The van der Waals surface area contributed by atoms with Crippen LogP contribution in [0.15, 0.2) is 6.20 Å². The lowest BCUT2D eigenvalue weighted by Gasteiger charge is -2.12. The molecule has 0 aliphatic carbocycles. The first-order valence-electron chi connectivity index (χ1n) is 6.65. The summed E-state index contributed by atoms with van der Waals surface area (Å²) in [5, 5.41) is 11.4. The highest BCUT2D eigenvalue weighted by Gasteiger charge is 2.14. The molecule has 0 saturated heterocycles. The van der Waals surface area contributed by atoms with Gasteiger partial charge in [0.2, 0.25) is 0 Å². The van der Waals surface area contributed by atoms with Crippen molar-refractivity contribution in [3.05, 3.63) is 17.6 Å². The van der Waals surface area contributed by atoms with Crippen molar-refractivity contribution in [2.75, 3.05) is 11.9 Å². The third kappa shape index (κ3) is 2.72. The van der Waals surface area contributed by atoms with Gasteiger partial charge in [0.1, 0.15) is 17.3 Å². The molecular weight excluding hydrogens is 240 g/mol. The Morgan fingerprint density at radius 3 is 2.68 bits per heavy atom. The molecule has 6 nitrogen and oxygen atoms in total. The van der Waals surface area contributed by atoms with E-state index in [1.54, 1.807) is 6.20 Å². The van der Waals surface area contributed by atoms with Crippen molar-refractivity contribution >= 4 is 5.82 Å². The van der Waals surface area contributed by atoms with Gasteiger partial charge in [-0.3, -0.25) is 0 Å². The lowest BCUT2D eigenvalue weighted by atomic mass is 10.2. The lowest BCUT2D eigenvalue weighted by Crippen LogP contribution is -2.08. The standard InChI is InChI=1S/C13H20N6/c1-5-7-19-11(8-15-18-19)12-9(3)13(14-6-2)17-10(4)16-12/h8H,5-7H2,1-4H3,(H,14,16,17). The largest absolute Gasteiger partial charge is 0.370 e. The van der Waals surface area contributed by atoms with Crippen molar-refractivity contribution in [2.45, 2.75) is 40.7 Å². The number of nitrogens with one attached hydrogen (secondary N) is 1. The van der Waals surface area contributed by atoms with E-state index in [0.717, 1.165) is 48.1 Å². The molecular formula is C13H20N6. The van der Waals surface area contributed by atoms with Gasteiger partial charge in [0, 0.05) is 18.7 Å². The van der Waals surface area contributed by atoms with Crippen LogP contribution in [0, 0.1) is 13.8 Å².